The van der Waals surface area contributed by atoms with Gasteiger partial charge in [-0.1, -0.05) is 13.8 Å². The number of hydrogen-bond donors (Lipinski definition) is 1. The second-order valence-corrected chi connectivity index (χ2v) is 4.90. The lowest BCUT2D eigenvalue weighted by molar-refractivity contribution is -0.124. The summed E-state index contributed by atoms with van der Waals surface area (Å²) < 4.78 is 9.95. The molecule has 20 heavy (non-hydrogen) atoms. The normalized spacial score (nSPS) is 11.8. The summed E-state index contributed by atoms with van der Waals surface area (Å²) in [5.41, 5.74) is 0.442. The molecular weight excluding hydrogens is 258 g/mol. The molecule has 110 valence electrons. The van der Waals surface area contributed by atoms with E-state index in [1.807, 2.05) is 20.8 Å². The lowest BCUT2D eigenvalue weighted by Gasteiger charge is -2.17. The monoisotopic (exact) mass is 279 g/mol. The summed E-state index contributed by atoms with van der Waals surface area (Å²) in [4.78, 5) is 22.9. The third-order valence-electron chi connectivity index (χ3n) is 3.03. The minimum atomic E-state index is -0.403. The van der Waals surface area contributed by atoms with Gasteiger partial charge in [0.15, 0.2) is 6.61 Å². The fraction of sp³-hybridized carbons (Fsp3) is 0.467. The van der Waals surface area contributed by atoms with Crippen LogP contribution in [0.1, 0.15) is 31.1 Å². The molecular formula is C15H21NO4. The molecule has 5 heteroatoms. The van der Waals surface area contributed by atoms with E-state index < -0.39 is 5.97 Å². The van der Waals surface area contributed by atoms with Crippen LogP contribution in [0.4, 0.5) is 0 Å². The maximum Gasteiger partial charge on any atom is 0.337 e. The van der Waals surface area contributed by atoms with Crippen LogP contribution in [0.2, 0.25) is 0 Å². The number of esters is 1. The first kappa shape index (κ1) is 16.0. The fourth-order valence-electron chi connectivity index (χ4n) is 1.42. The van der Waals surface area contributed by atoms with Gasteiger partial charge in [-0.05, 0) is 37.1 Å². The average Bonchev–Trinajstić information content (AvgIpc) is 2.44. The summed E-state index contributed by atoms with van der Waals surface area (Å²) in [5, 5.41) is 2.85. The maximum atomic E-state index is 11.6. The van der Waals surface area contributed by atoms with Gasteiger partial charge in [-0.2, -0.15) is 0 Å². The number of rotatable bonds is 6. The first-order valence-electron chi connectivity index (χ1n) is 6.54. The van der Waals surface area contributed by atoms with Crippen LogP contribution >= 0.6 is 0 Å². The van der Waals surface area contributed by atoms with E-state index in [0.29, 0.717) is 17.2 Å². The zero-order chi connectivity index (χ0) is 15.1. The van der Waals surface area contributed by atoms with Gasteiger partial charge in [-0.25, -0.2) is 4.79 Å². The maximum absolute atomic E-state index is 11.6. The van der Waals surface area contributed by atoms with Gasteiger partial charge in [0, 0.05) is 6.04 Å². The molecule has 0 spiro atoms. The molecule has 0 saturated carbocycles. The van der Waals surface area contributed by atoms with E-state index in [2.05, 4.69) is 10.1 Å². The van der Waals surface area contributed by atoms with E-state index in [-0.39, 0.29) is 18.6 Å². The Bertz CT molecular complexity index is 453. The van der Waals surface area contributed by atoms with Gasteiger partial charge in [-0.3, -0.25) is 4.79 Å². The van der Waals surface area contributed by atoms with Crippen LogP contribution in [0.3, 0.4) is 0 Å². The molecule has 0 heterocycles. The predicted octanol–water partition coefficient (Wildman–Crippen LogP) is 2.01. The molecule has 0 aliphatic rings. The molecule has 1 aromatic rings. The summed E-state index contributed by atoms with van der Waals surface area (Å²) in [6.45, 7) is 5.98. The first-order chi connectivity index (χ1) is 9.43. The molecule has 0 unspecified atom stereocenters. The number of nitrogens with one attached hydrogen (secondary N) is 1. The molecule has 0 bridgehead atoms. The van der Waals surface area contributed by atoms with E-state index in [4.69, 9.17) is 4.74 Å². The Morgan fingerprint density at radius 1 is 1.15 bits per heavy atom. The molecule has 5 nitrogen and oxygen atoms in total. The quantitative estimate of drug-likeness (QED) is 0.809. The van der Waals surface area contributed by atoms with Crippen LogP contribution in [0.15, 0.2) is 24.3 Å². The Kier molecular flexibility index (Phi) is 6.03. The highest BCUT2D eigenvalue weighted by atomic mass is 16.5. The smallest absolute Gasteiger partial charge is 0.337 e. The van der Waals surface area contributed by atoms with Crippen molar-refractivity contribution in [3.05, 3.63) is 29.8 Å². The molecule has 0 fully saturated rings. The highest BCUT2D eigenvalue weighted by Gasteiger charge is 2.11. The molecule has 0 aliphatic carbocycles. The van der Waals surface area contributed by atoms with Gasteiger partial charge in [0.25, 0.3) is 5.91 Å². The topological polar surface area (TPSA) is 64.6 Å². The van der Waals surface area contributed by atoms with Crippen molar-refractivity contribution in [3.63, 3.8) is 0 Å². The van der Waals surface area contributed by atoms with Crippen molar-refractivity contribution < 1.29 is 19.1 Å². The standard InChI is InChI=1S/C15H21NO4/c1-10(2)11(3)16-14(17)9-20-13-7-5-12(6-8-13)15(18)19-4/h5-8,10-11H,9H2,1-4H3,(H,16,17)/t11-/m0/s1. The van der Waals surface area contributed by atoms with Crippen LogP contribution < -0.4 is 10.1 Å². The van der Waals surface area contributed by atoms with Gasteiger partial charge in [0.1, 0.15) is 5.75 Å². The number of amides is 1. The molecule has 0 aliphatic heterocycles. The zero-order valence-electron chi connectivity index (χ0n) is 12.3. The molecule has 0 aromatic heterocycles. The number of ether oxygens (including phenoxy) is 2. The summed E-state index contributed by atoms with van der Waals surface area (Å²) in [6.07, 6.45) is 0. The van der Waals surface area contributed by atoms with Crippen molar-refractivity contribution in [2.24, 2.45) is 5.92 Å². The Labute approximate surface area is 119 Å². The van der Waals surface area contributed by atoms with Crippen molar-refractivity contribution in [1.29, 1.82) is 0 Å². The minimum Gasteiger partial charge on any atom is -0.484 e. The van der Waals surface area contributed by atoms with Crippen molar-refractivity contribution in [2.45, 2.75) is 26.8 Å². The number of hydrogen-bond acceptors (Lipinski definition) is 4. The van der Waals surface area contributed by atoms with Crippen LogP contribution in [-0.2, 0) is 9.53 Å². The largest absolute Gasteiger partial charge is 0.484 e. The summed E-state index contributed by atoms with van der Waals surface area (Å²) >= 11 is 0. The fourth-order valence-corrected chi connectivity index (χ4v) is 1.42. The summed E-state index contributed by atoms with van der Waals surface area (Å²) in [5.74, 6) is 0.339. The molecule has 1 amide bonds. The summed E-state index contributed by atoms with van der Waals surface area (Å²) in [6, 6.07) is 6.55. The second kappa shape index (κ2) is 7.53. The van der Waals surface area contributed by atoms with Gasteiger partial charge in [0.05, 0.1) is 12.7 Å². The Morgan fingerprint density at radius 2 is 1.75 bits per heavy atom. The van der Waals surface area contributed by atoms with E-state index in [9.17, 15) is 9.59 Å². The molecule has 1 aromatic carbocycles. The van der Waals surface area contributed by atoms with E-state index in [1.165, 1.54) is 7.11 Å². The van der Waals surface area contributed by atoms with E-state index in [1.54, 1.807) is 24.3 Å². The first-order valence-corrected chi connectivity index (χ1v) is 6.54. The SMILES string of the molecule is COC(=O)c1ccc(OCC(=O)N[C@@H](C)C(C)C)cc1. The number of methoxy groups -OCH3 is 1. The minimum absolute atomic E-state index is 0.0470. The van der Waals surface area contributed by atoms with Crippen LogP contribution in [0, 0.1) is 5.92 Å². The van der Waals surface area contributed by atoms with Crippen LogP contribution in [0.25, 0.3) is 0 Å². The van der Waals surface area contributed by atoms with E-state index >= 15 is 0 Å². The van der Waals surface area contributed by atoms with Gasteiger partial charge < -0.3 is 14.8 Å². The highest BCUT2D eigenvalue weighted by Crippen LogP contribution is 2.12. The molecule has 1 N–H and O–H groups in total. The Hall–Kier alpha value is -2.04. The van der Waals surface area contributed by atoms with E-state index in [0.717, 1.165) is 0 Å². The molecule has 0 radical (unpaired) electrons. The lowest BCUT2D eigenvalue weighted by atomic mass is 10.1. The van der Waals surface area contributed by atoms with Crippen molar-refractivity contribution >= 4 is 11.9 Å². The Morgan fingerprint density at radius 3 is 2.25 bits per heavy atom. The van der Waals surface area contributed by atoms with Gasteiger partial charge in [-0.15, -0.1) is 0 Å². The van der Waals surface area contributed by atoms with Gasteiger partial charge in [0.2, 0.25) is 0 Å². The van der Waals surface area contributed by atoms with Crippen molar-refractivity contribution in [2.75, 3.05) is 13.7 Å². The molecule has 1 atom stereocenters. The van der Waals surface area contributed by atoms with Crippen molar-refractivity contribution in [1.82, 2.24) is 5.32 Å². The number of benzene rings is 1. The molecule has 1 rings (SSSR count). The number of carbonyl (C=O) groups excluding carboxylic acids is 2. The Balaban J connectivity index is 2.46. The van der Waals surface area contributed by atoms with Crippen LogP contribution in [0.5, 0.6) is 5.75 Å². The lowest BCUT2D eigenvalue weighted by Crippen LogP contribution is -2.38. The third kappa shape index (κ3) is 4.91. The summed E-state index contributed by atoms with van der Waals surface area (Å²) in [7, 11) is 1.33. The molecule has 0 saturated heterocycles. The third-order valence-corrected chi connectivity index (χ3v) is 3.03. The average molecular weight is 279 g/mol. The predicted molar refractivity (Wildman–Crippen MR) is 75.7 cm³/mol. The van der Waals surface area contributed by atoms with Crippen LogP contribution in [-0.4, -0.2) is 31.6 Å². The van der Waals surface area contributed by atoms with Crippen molar-refractivity contribution in [3.8, 4) is 5.75 Å². The highest BCUT2D eigenvalue weighted by molar-refractivity contribution is 5.89. The van der Waals surface area contributed by atoms with Gasteiger partial charge >= 0.3 is 5.97 Å². The second-order valence-electron chi connectivity index (χ2n) is 4.90. The zero-order valence-corrected chi connectivity index (χ0v) is 12.3. The number of carbonyl (C=O) groups is 2.